The van der Waals surface area contributed by atoms with Gasteiger partial charge in [0.1, 0.15) is 40.9 Å². The monoisotopic (exact) mass is 824 g/mol. The van der Waals surface area contributed by atoms with Crippen molar-refractivity contribution in [2.75, 3.05) is 5.32 Å². The first kappa shape index (κ1) is 40.0. The number of pyridine rings is 1. The van der Waals surface area contributed by atoms with Crippen molar-refractivity contribution in [2.24, 2.45) is 7.05 Å². The van der Waals surface area contributed by atoms with Crippen LogP contribution in [0.2, 0.25) is 5.02 Å². The lowest BCUT2D eigenvalue weighted by Gasteiger charge is -2.23. The number of carbonyl (C=O) groups is 2. The highest BCUT2D eigenvalue weighted by Crippen LogP contribution is 2.45. The Morgan fingerprint density at radius 3 is 2.45 bits per heavy atom. The Kier molecular flexibility index (Phi) is 10.5. The van der Waals surface area contributed by atoms with Crippen molar-refractivity contribution in [3.8, 4) is 23.0 Å². The Morgan fingerprint density at radius 1 is 1.05 bits per heavy atom. The number of amides is 2. The SMILES string of the molecule is Cn1nc(NC(=O)c2ccno2)c2c(Cl)ccc(-c3ccc(C#CC(C)(C)O)nc3C(Cc3cc(F)cc(F)c3)NC(=O)Cn3nc(C(F)F)c4c3C(F)(F)CC4)c21. The summed E-state index contributed by atoms with van der Waals surface area (Å²) in [5.74, 6) is -1.70. The lowest BCUT2D eigenvalue weighted by Crippen LogP contribution is -2.35. The van der Waals surface area contributed by atoms with Gasteiger partial charge < -0.3 is 20.3 Å². The topological polar surface area (TPSA) is 153 Å². The van der Waals surface area contributed by atoms with E-state index in [-0.39, 0.29) is 57.3 Å². The molecule has 1 atom stereocenters. The Morgan fingerprint density at radius 2 is 1.78 bits per heavy atom. The number of aliphatic hydroxyl groups is 1. The number of nitrogens with zero attached hydrogens (tertiary/aromatic N) is 6. The maximum Gasteiger partial charge on any atom is 0.295 e. The molecule has 2 aromatic carbocycles. The molecule has 58 heavy (non-hydrogen) atoms. The quantitative estimate of drug-likeness (QED) is 0.0969. The fourth-order valence-electron chi connectivity index (χ4n) is 6.86. The van der Waals surface area contributed by atoms with Crippen molar-refractivity contribution in [3.05, 3.63) is 111 Å². The number of hydrogen-bond acceptors (Lipinski definition) is 8. The number of hydrogen-bond donors (Lipinski definition) is 3. The third kappa shape index (κ3) is 8.13. The molecule has 7 rings (SSSR count). The van der Waals surface area contributed by atoms with Gasteiger partial charge in [0.25, 0.3) is 18.3 Å². The van der Waals surface area contributed by atoms with E-state index in [1.807, 2.05) is 0 Å². The molecule has 1 aliphatic rings. The van der Waals surface area contributed by atoms with Crippen LogP contribution in [-0.4, -0.2) is 52.2 Å². The summed E-state index contributed by atoms with van der Waals surface area (Å²) >= 11 is 6.68. The fraction of sp³-hybridized carbons (Fsp3) is 0.282. The van der Waals surface area contributed by atoms with Crippen molar-refractivity contribution < 1.29 is 45.6 Å². The summed E-state index contributed by atoms with van der Waals surface area (Å²) in [6.45, 7) is 1.96. The van der Waals surface area contributed by atoms with Crippen molar-refractivity contribution in [1.29, 1.82) is 0 Å². The Labute approximate surface area is 330 Å². The van der Waals surface area contributed by atoms with Crippen molar-refractivity contribution in [3.63, 3.8) is 0 Å². The average Bonchev–Trinajstić information content (AvgIpc) is 3.93. The van der Waals surface area contributed by atoms with Crippen LogP contribution in [0.15, 0.2) is 59.3 Å². The lowest BCUT2D eigenvalue weighted by atomic mass is 9.93. The average molecular weight is 825 g/mol. The van der Waals surface area contributed by atoms with Gasteiger partial charge in [-0.2, -0.15) is 19.0 Å². The van der Waals surface area contributed by atoms with Gasteiger partial charge in [0.2, 0.25) is 11.7 Å². The molecule has 4 heterocycles. The second-order valence-corrected chi connectivity index (χ2v) is 14.4. The van der Waals surface area contributed by atoms with Crippen LogP contribution in [0.4, 0.5) is 32.2 Å². The number of rotatable bonds is 10. The molecule has 0 spiro atoms. The van der Waals surface area contributed by atoms with E-state index in [1.165, 1.54) is 42.9 Å². The second kappa shape index (κ2) is 15.3. The van der Waals surface area contributed by atoms with Crippen molar-refractivity contribution in [1.82, 2.24) is 35.0 Å². The number of fused-ring (bicyclic) bond motifs is 2. The molecule has 3 N–H and O–H groups in total. The standard InChI is InChI=1S/C39H31ClF6N8O4/c1-38(2,57)11-8-22-4-5-23(24-6-7-26(40)30-33(24)53(3)52-36(30)50-37(56)28-10-13-47-58-28)31(48-22)27(16-19-14-20(41)17-21(42)15-19)49-29(55)18-54-34-25(9-12-39(34,45)46)32(51-54)35(43)44/h4-7,10,13-15,17,27,35,57H,9,12,16,18H2,1-3H3,(H,49,55)(H,50,52,56). The summed E-state index contributed by atoms with van der Waals surface area (Å²) in [5, 5.41) is 27.8. The van der Waals surface area contributed by atoms with E-state index in [1.54, 1.807) is 19.2 Å². The van der Waals surface area contributed by atoms with E-state index >= 15 is 0 Å². The van der Waals surface area contributed by atoms with E-state index in [2.05, 4.69) is 37.8 Å². The smallest absolute Gasteiger partial charge is 0.295 e. The van der Waals surface area contributed by atoms with Gasteiger partial charge in [0, 0.05) is 42.3 Å². The zero-order valence-corrected chi connectivity index (χ0v) is 31.4. The molecule has 6 aromatic rings. The van der Waals surface area contributed by atoms with E-state index in [4.69, 9.17) is 21.1 Å². The number of anilines is 1. The molecule has 12 nitrogen and oxygen atoms in total. The highest BCUT2D eigenvalue weighted by molar-refractivity contribution is 6.37. The number of alkyl halides is 4. The molecule has 0 bridgehead atoms. The molecule has 0 radical (unpaired) electrons. The highest BCUT2D eigenvalue weighted by atomic mass is 35.5. The summed E-state index contributed by atoms with van der Waals surface area (Å²) in [6.07, 6.45) is -3.33. The second-order valence-electron chi connectivity index (χ2n) is 14.0. The number of aryl methyl sites for hydroxylation is 1. The van der Waals surface area contributed by atoms with Gasteiger partial charge in [-0.1, -0.05) is 28.7 Å². The molecule has 19 heteroatoms. The number of halogens is 7. The molecule has 0 fully saturated rings. The summed E-state index contributed by atoms with van der Waals surface area (Å²) in [6, 6.07) is 8.97. The van der Waals surface area contributed by atoms with Crippen molar-refractivity contribution in [2.45, 2.75) is 63.6 Å². The van der Waals surface area contributed by atoms with Crippen LogP contribution in [0.5, 0.6) is 0 Å². The van der Waals surface area contributed by atoms with Crippen molar-refractivity contribution >= 4 is 40.1 Å². The maximum atomic E-state index is 15.0. The molecule has 1 aliphatic carbocycles. The molecule has 0 aliphatic heterocycles. The minimum absolute atomic E-state index is 0.0414. The molecular formula is C39H31ClF6N8O4. The third-order valence-corrected chi connectivity index (χ3v) is 9.50. The minimum Gasteiger partial charge on any atom is -0.378 e. The number of benzene rings is 2. The molecule has 0 saturated heterocycles. The van der Waals surface area contributed by atoms with Gasteiger partial charge in [-0.3, -0.25) is 19.0 Å². The van der Waals surface area contributed by atoms with E-state index < -0.39 is 71.8 Å². The summed E-state index contributed by atoms with van der Waals surface area (Å²) in [4.78, 5) is 31.6. The van der Waals surface area contributed by atoms with Crippen LogP contribution in [0.3, 0.4) is 0 Å². The molecule has 1 unspecified atom stereocenters. The van der Waals surface area contributed by atoms with Crippen LogP contribution in [0.25, 0.3) is 22.0 Å². The largest absolute Gasteiger partial charge is 0.378 e. The highest BCUT2D eigenvalue weighted by Gasteiger charge is 2.46. The van der Waals surface area contributed by atoms with Crippen LogP contribution in [0, 0.1) is 23.5 Å². The molecule has 2 amide bonds. The maximum absolute atomic E-state index is 15.0. The predicted molar refractivity (Wildman–Crippen MR) is 197 cm³/mol. The Balaban J connectivity index is 1.38. The number of nitrogens with one attached hydrogen (secondary N) is 2. The zero-order valence-electron chi connectivity index (χ0n) is 30.7. The minimum atomic E-state index is -3.54. The van der Waals surface area contributed by atoms with E-state index in [0.29, 0.717) is 27.4 Å². The molecule has 4 aromatic heterocycles. The molecule has 0 saturated carbocycles. The molecular weight excluding hydrogens is 794 g/mol. The summed E-state index contributed by atoms with van der Waals surface area (Å²) in [7, 11) is 1.57. The molecule has 300 valence electrons. The number of aromatic nitrogens is 6. The van der Waals surface area contributed by atoms with E-state index in [0.717, 1.165) is 12.1 Å². The lowest BCUT2D eigenvalue weighted by molar-refractivity contribution is -0.122. The first-order valence-corrected chi connectivity index (χ1v) is 17.9. The zero-order chi connectivity index (χ0) is 41.7. The van der Waals surface area contributed by atoms with Crippen LogP contribution < -0.4 is 10.6 Å². The van der Waals surface area contributed by atoms with Gasteiger partial charge >= 0.3 is 0 Å². The van der Waals surface area contributed by atoms with Crippen LogP contribution in [-0.2, 0) is 37.2 Å². The Bertz CT molecular complexity index is 2620. The summed E-state index contributed by atoms with van der Waals surface area (Å²) in [5.41, 5.74) is -2.22. The number of carbonyl (C=O) groups excluding carboxylic acids is 2. The van der Waals surface area contributed by atoms with Crippen LogP contribution >= 0.6 is 11.6 Å². The van der Waals surface area contributed by atoms with E-state index in [9.17, 15) is 41.0 Å². The van der Waals surface area contributed by atoms with Gasteiger partial charge in [0.15, 0.2) is 5.82 Å². The van der Waals surface area contributed by atoms with Gasteiger partial charge in [-0.15, -0.1) is 0 Å². The Hall–Kier alpha value is -6.19. The summed E-state index contributed by atoms with van der Waals surface area (Å²) < 4.78 is 93.8. The first-order chi connectivity index (χ1) is 27.4. The normalized spacial score (nSPS) is 14.0. The fourth-order valence-corrected chi connectivity index (χ4v) is 7.10. The van der Waals surface area contributed by atoms with Gasteiger partial charge in [-0.05, 0) is 68.5 Å². The van der Waals surface area contributed by atoms with Gasteiger partial charge in [-0.25, -0.2) is 22.5 Å². The predicted octanol–water partition coefficient (Wildman–Crippen LogP) is 7.20. The third-order valence-electron chi connectivity index (χ3n) is 9.19. The van der Waals surface area contributed by atoms with Crippen LogP contribution in [0.1, 0.15) is 77.2 Å². The first-order valence-electron chi connectivity index (χ1n) is 17.5. The van der Waals surface area contributed by atoms with Gasteiger partial charge in [0.05, 0.1) is 33.9 Å².